The van der Waals surface area contributed by atoms with Gasteiger partial charge in [-0.15, -0.1) is 0 Å². The lowest BCUT2D eigenvalue weighted by Crippen LogP contribution is -2.47. The molecule has 1 atom stereocenters. The predicted octanol–water partition coefficient (Wildman–Crippen LogP) is 1.90. The van der Waals surface area contributed by atoms with Crippen molar-refractivity contribution in [2.24, 2.45) is 10.9 Å². The normalized spacial score (nSPS) is 19.9. The molecule has 1 saturated heterocycles. The van der Waals surface area contributed by atoms with Gasteiger partial charge in [0.15, 0.2) is 5.96 Å². The molecule has 0 aromatic carbocycles. The predicted molar refractivity (Wildman–Crippen MR) is 106 cm³/mol. The monoisotopic (exact) mass is 378 g/mol. The number of ether oxygens (including phenoxy) is 2. The molecule has 1 N–H and O–H groups in total. The highest BCUT2D eigenvalue weighted by molar-refractivity contribution is 5.79. The lowest BCUT2D eigenvalue weighted by atomic mass is 10.1. The maximum Gasteiger partial charge on any atom is 0.193 e. The Morgan fingerprint density at radius 2 is 2.15 bits per heavy atom. The summed E-state index contributed by atoms with van der Waals surface area (Å²) in [5, 5.41) is 3.51. The van der Waals surface area contributed by atoms with Crippen LogP contribution in [-0.2, 0) is 9.47 Å². The minimum Gasteiger partial charge on any atom is -0.465 e. The number of aryl methyl sites for hydroxylation is 1. The molecule has 0 radical (unpaired) electrons. The smallest absolute Gasteiger partial charge is 0.193 e. The van der Waals surface area contributed by atoms with Gasteiger partial charge in [0.25, 0.3) is 0 Å². The standard InChI is InChI=1S/C20H34N4O3/c1-16-4-7-19(27-16)18(24-9-12-25-13-10-24)14-22-20(21-2)23(3)8-11-26-15-17-5-6-17/h4,7,17-18H,5-6,8-15H2,1-3H3,(H,21,22). The molecule has 1 aliphatic heterocycles. The minimum absolute atomic E-state index is 0.166. The topological polar surface area (TPSA) is 62.5 Å². The largest absolute Gasteiger partial charge is 0.465 e. The number of guanidine groups is 1. The Labute approximate surface area is 162 Å². The van der Waals surface area contributed by atoms with Gasteiger partial charge in [-0.2, -0.15) is 0 Å². The van der Waals surface area contributed by atoms with Gasteiger partial charge in [0.1, 0.15) is 11.5 Å². The van der Waals surface area contributed by atoms with Crippen molar-refractivity contribution < 1.29 is 13.9 Å². The Morgan fingerprint density at radius 3 is 2.78 bits per heavy atom. The minimum atomic E-state index is 0.166. The summed E-state index contributed by atoms with van der Waals surface area (Å²) in [7, 11) is 3.88. The van der Waals surface area contributed by atoms with Gasteiger partial charge in [0.2, 0.25) is 0 Å². The molecule has 2 fully saturated rings. The fourth-order valence-electron chi connectivity index (χ4n) is 3.35. The fourth-order valence-corrected chi connectivity index (χ4v) is 3.35. The van der Waals surface area contributed by atoms with Crippen molar-refractivity contribution in [3.63, 3.8) is 0 Å². The number of hydrogen-bond acceptors (Lipinski definition) is 5. The lowest BCUT2D eigenvalue weighted by Gasteiger charge is -2.34. The molecule has 2 heterocycles. The van der Waals surface area contributed by atoms with Gasteiger partial charge in [-0.1, -0.05) is 0 Å². The van der Waals surface area contributed by atoms with Gasteiger partial charge in [-0.05, 0) is 37.8 Å². The summed E-state index contributed by atoms with van der Waals surface area (Å²) in [6.45, 7) is 8.55. The van der Waals surface area contributed by atoms with Crippen molar-refractivity contribution in [3.05, 3.63) is 23.7 Å². The molecule has 1 aromatic rings. The van der Waals surface area contributed by atoms with Gasteiger partial charge >= 0.3 is 0 Å². The van der Waals surface area contributed by atoms with E-state index in [4.69, 9.17) is 13.9 Å². The Balaban J connectivity index is 1.52. The van der Waals surface area contributed by atoms with Crippen LogP contribution in [0.2, 0.25) is 0 Å². The summed E-state index contributed by atoms with van der Waals surface area (Å²) in [6.07, 6.45) is 2.66. The first-order valence-electron chi connectivity index (χ1n) is 10.0. The molecule has 0 amide bonds. The summed E-state index contributed by atoms with van der Waals surface area (Å²) in [4.78, 5) is 8.97. The van der Waals surface area contributed by atoms with E-state index in [9.17, 15) is 0 Å². The fraction of sp³-hybridized carbons (Fsp3) is 0.750. The van der Waals surface area contributed by atoms with Crippen LogP contribution in [0, 0.1) is 12.8 Å². The van der Waals surface area contributed by atoms with E-state index in [1.54, 1.807) is 0 Å². The van der Waals surface area contributed by atoms with E-state index < -0.39 is 0 Å². The molecular weight excluding hydrogens is 344 g/mol. The summed E-state index contributed by atoms with van der Waals surface area (Å²) >= 11 is 0. The molecule has 0 bridgehead atoms. The van der Waals surface area contributed by atoms with Crippen LogP contribution in [0.1, 0.15) is 30.4 Å². The number of nitrogens with zero attached hydrogens (tertiary/aromatic N) is 3. The third-order valence-electron chi connectivity index (χ3n) is 5.22. The third-order valence-corrected chi connectivity index (χ3v) is 5.22. The van der Waals surface area contributed by atoms with Crippen LogP contribution in [-0.4, -0.2) is 82.5 Å². The average molecular weight is 379 g/mol. The Kier molecular flexibility index (Phi) is 7.55. The number of hydrogen-bond donors (Lipinski definition) is 1. The van der Waals surface area contributed by atoms with Crippen LogP contribution in [0.5, 0.6) is 0 Å². The first-order chi connectivity index (χ1) is 13.2. The number of likely N-dealkylation sites (N-methyl/N-ethyl adjacent to an activating group) is 1. The zero-order chi connectivity index (χ0) is 19.1. The molecule has 3 rings (SSSR count). The van der Waals surface area contributed by atoms with Crippen molar-refractivity contribution in [1.82, 2.24) is 15.1 Å². The van der Waals surface area contributed by atoms with Crippen LogP contribution in [0.25, 0.3) is 0 Å². The van der Waals surface area contributed by atoms with E-state index in [0.717, 1.165) is 76.0 Å². The molecule has 7 heteroatoms. The second-order valence-electron chi connectivity index (χ2n) is 7.48. The van der Waals surface area contributed by atoms with Crippen LogP contribution in [0.3, 0.4) is 0 Å². The maximum atomic E-state index is 5.94. The van der Waals surface area contributed by atoms with Crippen molar-refractivity contribution in [3.8, 4) is 0 Å². The van der Waals surface area contributed by atoms with E-state index in [1.807, 2.05) is 20.0 Å². The van der Waals surface area contributed by atoms with Gasteiger partial charge in [-0.3, -0.25) is 9.89 Å². The highest BCUT2D eigenvalue weighted by atomic mass is 16.5. The number of furan rings is 1. The number of nitrogens with one attached hydrogen (secondary N) is 1. The summed E-state index contributed by atoms with van der Waals surface area (Å²) in [5.74, 6) is 3.62. The van der Waals surface area contributed by atoms with Gasteiger partial charge in [0, 0.05) is 46.9 Å². The summed E-state index contributed by atoms with van der Waals surface area (Å²) < 4.78 is 17.2. The third kappa shape index (κ3) is 6.23. The molecule has 2 aliphatic rings. The van der Waals surface area contributed by atoms with Crippen molar-refractivity contribution >= 4 is 5.96 Å². The van der Waals surface area contributed by atoms with Crippen molar-refractivity contribution in [2.75, 3.05) is 66.7 Å². The van der Waals surface area contributed by atoms with E-state index in [-0.39, 0.29) is 6.04 Å². The number of morpholine rings is 1. The van der Waals surface area contributed by atoms with E-state index >= 15 is 0 Å². The Bertz CT molecular complexity index is 594. The summed E-state index contributed by atoms with van der Waals surface area (Å²) in [6, 6.07) is 4.27. The molecule has 1 aromatic heterocycles. The highest BCUT2D eigenvalue weighted by Crippen LogP contribution is 2.28. The molecule has 1 saturated carbocycles. The molecule has 27 heavy (non-hydrogen) atoms. The maximum absolute atomic E-state index is 5.94. The second-order valence-corrected chi connectivity index (χ2v) is 7.48. The zero-order valence-corrected chi connectivity index (χ0v) is 16.9. The van der Waals surface area contributed by atoms with Crippen LogP contribution in [0.15, 0.2) is 21.5 Å². The zero-order valence-electron chi connectivity index (χ0n) is 16.9. The number of aliphatic imine (C=N–C) groups is 1. The first-order valence-corrected chi connectivity index (χ1v) is 10.0. The second kappa shape index (κ2) is 10.1. The first kappa shape index (κ1) is 20.2. The van der Waals surface area contributed by atoms with Crippen molar-refractivity contribution in [2.45, 2.75) is 25.8 Å². The Morgan fingerprint density at radius 1 is 1.37 bits per heavy atom. The molecule has 0 spiro atoms. The number of rotatable bonds is 9. The molecule has 1 aliphatic carbocycles. The molecular formula is C20H34N4O3. The lowest BCUT2D eigenvalue weighted by molar-refractivity contribution is 0.0123. The summed E-state index contributed by atoms with van der Waals surface area (Å²) in [5.41, 5.74) is 0. The van der Waals surface area contributed by atoms with E-state index in [2.05, 4.69) is 33.2 Å². The molecule has 1 unspecified atom stereocenters. The van der Waals surface area contributed by atoms with E-state index in [0.29, 0.717) is 0 Å². The van der Waals surface area contributed by atoms with Crippen LogP contribution < -0.4 is 5.32 Å². The Hall–Kier alpha value is -1.57. The van der Waals surface area contributed by atoms with Gasteiger partial charge in [0.05, 0.1) is 25.9 Å². The quantitative estimate of drug-likeness (QED) is 0.402. The molecule has 7 nitrogen and oxygen atoms in total. The highest BCUT2D eigenvalue weighted by Gasteiger charge is 2.26. The van der Waals surface area contributed by atoms with Gasteiger partial charge < -0.3 is 24.1 Å². The SMILES string of the molecule is CN=C(NCC(c1ccc(C)o1)N1CCOCC1)N(C)CCOCC1CC1. The van der Waals surface area contributed by atoms with E-state index in [1.165, 1.54) is 12.8 Å². The van der Waals surface area contributed by atoms with Crippen molar-refractivity contribution in [1.29, 1.82) is 0 Å². The average Bonchev–Trinajstić information content (AvgIpc) is 3.42. The molecule has 152 valence electrons. The van der Waals surface area contributed by atoms with Gasteiger partial charge in [-0.25, -0.2) is 0 Å². The van der Waals surface area contributed by atoms with Crippen LogP contribution in [0.4, 0.5) is 0 Å². The van der Waals surface area contributed by atoms with Crippen LogP contribution >= 0.6 is 0 Å².